The third kappa shape index (κ3) is 3.03. The molecule has 0 N–H and O–H groups in total. The van der Waals surface area contributed by atoms with Crippen LogP contribution in [0.3, 0.4) is 0 Å². The van der Waals surface area contributed by atoms with Crippen LogP contribution in [0, 0.1) is 0 Å². The van der Waals surface area contributed by atoms with E-state index in [9.17, 15) is 4.79 Å². The van der Waals surface area contributed by atoms with E-state index in [-0.39, 0.29) is 5.78 Å². The maximum absolute atomic E-state index is 11.2. The van der Waals surface area contributed by atoms with Crippen LogP contribution in [-0.2, 0) is 11.2 Å². The average molecular weight is 248 g/mol. The Balaban J connectivity index is 2.46. The van der Waals surface area contributed by atoms with Crippen molar-refractivity contribution < 1.29 is 4.79 Å². The van der Waals surface area contributed by atoms with Gasteiger partial charge in [0.05, 0.1) is 16.4 Å². The molecule has 66 valence electrons. The first kappa shape index (κ1) is 9.86. The molecule has 0 saturated carbocycles. The first-order valence-electron chi connectivity index (χ1n) is 3.84. The lowest BCUT2D eigenvalue weighted by Gasteiger charge is -1.92. The van der Waals surface area contributed by atoms with Gasteiger partial charge in [-0.3, -0.25) is 4.79 Å². The Labute approximate surface area is 84.1 Å². The number of nitrogens with zero attached hydrogens (tertiary/aromatic N) is 1. The summed E-state index contributed by atoms with van der Waals surface area (Å²) in [5.41, 5.74) is 0. The fourth-order valence-corrected chi connectivity index (χ4v) is 2.24. The molecule has 1 aromatic heterocycles. The van der Waals surface area contributed by atoms with Gasteiger partial charge in [-0.05, 0) is 22.4 Å². The molecule has 0 amide bonds. The summed E-state index contributed by atoms with van der Waals surface area (Å²) in [5.74, 6) is 0.277. The number of halogens is 1. The molecule has 0 aromatic carbocycles. The van der Waals surface area contributed by atoms with E-state index in [0.717, 1.165) is 15.2 Å². The molecule has 0 fully saturated rings. The fourth-order valence-electron chi connectivity index (χ4n) is 0.906. The number of carbonyl (C=O) groups excluding carboxylic acids is 1. The van der Waals surface area contributed by atoms with Gasteiger partial charge in [0, 0.05) is 6.42 Å². The second kappa shape index (κ2) is 4.72. The Bertz CT molecular complexity index is 272. The Morgan fingerprint density at radius 2 is 2.50 bits per heavy atom. The van der Waals surface area contributed by atoms with Crippen LogP contribution in [0.5, 0.6) is 0 Å². The van der Waals surface area contributed by atoms with Crippen molar-refractivity contribution in [2.45, 2.75) is 26.2 Å². The van der Waals surface area contributed by atoms with Gasteiger partial charge in [0.2, 0.25) is 0 Å². The quantitative estimate of drug-likeness (QED) is 0.820. The van der Waals surface area contributed by atoms with Crippen molar-refractivity contribution in [1.82, 2.24) is 4.98 Å². The number of Topliss-reactive ketones (excluding diaryl/α,β-unsaturated/α-hetero) is 1. The number of rotatable bonds is 4. The van der Waals surface area contributed by atoms with Crippen molar-refractivity contribution in [2.75, 3.05) is 0 Å². The molecule has 0 atom stereocenters. The number of carbonyl (C=O) groups is 1. The summed E-state index contributed by atoms with van der Waals surface area (Å²) in [6.07, 6.45) is 3.81. The molecule has 2 nitrogen and oxygen atoms in total. The second-order valence-electron chi connectivity index (χ2n) is 2.52. The van der Waals surface area contributed by atoms with Crippen molar-refractivity contribution in [3.05, 3.63) is 15.0 Å². The first-order valence-corrected chi connectivity index (χ1v) is 5.45. The minimum Gasteiger partial charge on any atom is -0.299 e. The molecular formula is C8H10BrNOS. The minimum absolute atomic E-state index is 0.277. The van der Waals surface area contributed by atoms with Crippen LogP contribution in [0.15, 0.2) is 9.98 Å². The Hall–Kier alpha value is -0.220. The van der Waals surface area contributed by atoms with Crippen LogP contribution >= 0.6 is 27.3 Å². The zero-order valence-corrected chi connectivity index (χ0v) is 9.24. The number of hydrogen-bond donors (Lipinski definition) is 0. The zero-order valence-electron chi connectivity index (χ0n) is 6.84. The zero-order chi connectivity index (χ0) is 8.97. The van der Waals surface area contributed by atoms with Gasteiger partial charge in [-0.15, -0.1) is 11.3 Å². The highest BCUT2D eigenvalue weighted by Gasteiger charge is 2.05. The molecule has 1 heterocycles. The van der Waals surface area contributed by atoms with Gasteiger partial charge in [0.15, 0.2) is 0 Å². The first-order chi connectivity index (χ1) is 5.72. The number of thiazole rings is 1. The molecule has 0 unspecified atom stereocenters. The summed E-state index contributed by atoms with van der Waals surface area (Å²) in [6.45, 7) is 2.01. The monoisotopic (exact) mass is 247 g/mol. The van der Waals surface area contributed by atoms with Gasteiger partial charge < -0.3 is 0 Å². The molecule has 0 aliphatic carbocycles. The number of ketones is 1. The van der Waals surface area contributed by atoms with Crippen LogP contribution in [0.4, 0.5) is 0 Å². The summed E-state index contributed by atoms with van der Waals surface area (Å²) in [4.78, 5) is 15.3. The van der Waals surface area contributed by atoms with Crippen LogP contribution in [-0.4, -0.2) is 10.8 Å². The smallest absolute Gasteiger partial charge is 0.139 e. The molecule has 0 aliphatic rings. The highest BCUT2D eigenvalue weighted by molar-refractivity contribution is 9.11. The topological polar surface area (TPSA) is 30.0 Å². The third-order valence-electron chi connectivity index (χ3n) is 1.40. The molecule has 0 saturated heterocycles. The molecule has 4 heteroatoms. The van der Waals surface area contributed by atoms with Gasteiger partial charge in [-0.25, -0.2) is 4.98 Å². The van der Waals surface area contributed by atoms with Crippen LogP contribution in [0.2, 0.25) is 0 Å². The molecule has 0 radical (unpaired) electrons. The predicted octanol–water partition coefficient (Wildman–Crippen LogP) is 2.82. The van der Waals surface area contributed by atoms with E-state index in [1.807, 2.05) is 6.92 Å². The molecule has 0 aliphatic heterocycles. The highest BCUT2D eigenvalue weighted by Crippen LogP contribution is 2.19. The third-order valence-corrected chi connectivity index (χ3v) is 2.88. The van der Waals surface area contributed by atoms with Gasteiger partial charge in [0.25, 0.3) is 0 Å². The van der Waals surface area contributed by atoms with E-state index < -0.39 is 0 Å². The highest BCUT2D eigenvalue weighted by atomic mass is 79.9. The van der Waals surface area contributed by atoms with E-state index in [2.05, 4.69) is 20.9 Å². The molecule has 0 spiro atoms. The molecular weight excluding hydrogens is 238 g/mol. The summed E-state index contributed by atoms with van der Waals surface area (Å²) in [6, 6.07) is 0. The molecule has 12 heavy (non-hydrogen) atoms. The van der Waals surface area contributed by atoms with E-state index >= 15 is 0 Å². The van der Waals surface area contributed by atoms with Crippen LogP contribution in [0.25, 0.3) is 0 Å². The molecule has 1 rings (SSSR count). The Morgan fingerprint density at radius 1 is 1.75 bits per heavy atom. The fraction of sp³-hybridized carbons (Fsp3) is 0.500. The maximum atomic E-state index is 11.2. The number of hydrogen-bond acceptors (Lipinski definition) is 3. The largest absolute Gasteiger partial charge is 0.299 e. The van der Waals surface area contributed by atoms with Gasteiger partial charge in [0.1, 0.15) is 10.8 Å². The minimum atomic E-state index is 0.277. The lowest BCUT2D eigenvalue weighted by Crippen LogP contribution is -2.00. The lowest BCUT2D eigenvalue weighted by molar-refractivity contribution is -0.118. The van der Waals surface area contributed by atoms with Gasteiger partial charge in [-0.1, -0.05) is 6.92 Å². The summed E-state index contributed by atoms with van der Waals surface area (Å²) in [5, 5.41) is 0.903. The normalized spacial score (nSPS) is 10.2. The van der Waals surface area contributed by atoms with Crippen LogP contribution < -0.4 is 0 Å². The summed E-state index contributed by atoms with van der Waals surface area (Å²) in [7, 11) is 0. The average Bonchev–Trinajstić information content (AvgIpc) is 2.36. The molecule has 1 aromatic rings. The standard InChI is InChI=1S/C8H10BrNOS/c1-2-3-6(11)4-8-10-5-7(9)12-8/h5H,2-4H2,1H3. The second-order valence-corrected chi connectivity index (χ2v) is 5.02. The van der Waals surface area contributed by atoms with E-state index in [1.165, 1.54) is 11.3 Å². The van der Waals surface area contributed by atoms with E-state index in [0.29, 0.717) is 12.8 Å². The Morgan fingerprint density at radius 3 is 3.00 bits per heavy atom. The van der Waals surface area contributed by atoms with E-state index in [1.54, 1.807) is 6.20 Å². The Kier molecular flexibility index (Phi) is 3.88. The predicted molar refractivity (Wildman–Crippen MR) is 53.4 cm³/mol. The van der Waals surface area contributed by atoms with E-state index in [4.69, 9.17) is 0 Å². The SMILES string of the molecule is CCCC(=O)Cc1ncc(Br)s1. The number of aromatic nitrogens is 1. The molecule has 0 bridgehead atoms. The van der Waals surface area contributed by atoms with Crippen molar-refractivity contribution in [1.29, 1.82) is 0 Å². The summed E-state index contributed by atoms with van der Waals surface area (Å²) >= 11 is 4.83. The van der Waals surface area contributed by atoms with Gasteiger partial charge in [-0.2, -0.15) is 0 Å². The van der Waals surface area contributed by atoms with Gasteiger partial charge >= 0.3 is 0 Å². The van der Waals surface area contributed by atoms with Crippen molar-refractivity contribution >= 4 is 33.0 Å². The van der Waals surface area contributed by atoms with Crippen LogP contribution in [0.1, 0.15) is 24.8 Å². The maximum Gasteiger partial charge on any atom is 0.139 e. The van der Waals surface area contributed by atoms with Crippen molar-refractivity contribution in [2.24, 2.45) is 0 Å². The van der Waals surface area contributed by atoms with Crippen molar-refractivity contribution in [3.8, 4) is 0 Å². The summed E-state index contributed by atoms with van der Waals surface area (Å²) < 4.78 is 0.988. The van der Waals surface area contributed by atoms with Crippen molar-refractivity contribution in [3.63, 3.8) is 0 Å². The lowest BCUT2D eigenvalue weighted by atomic mass is 10.2.